The van der Waals surface area contributed by atoms with E-state index in [0.29, 0.717) is 19.3 Å². The predicted molar refractivity (Wildman–Crippen MR) is 55.9 cm³/mol. The maximum Gasteiger partial charge on any atom is 0.197 e. The van der Waals surface area contributed by atoms with Crippen LogP contribution >= 0.6 is 0 Å². The molecule has 2 bridgehead atoms. The third-order valence-electron chi connectivity index (χ3n) is 4.45. The fraction of sp³-hybridized carbons (Fsp3) is 0.538. The Kier molecular flexibility index (Phi) is 2.31. The molecule has 3 atom stereocenters. The van der Waals surface area contributed by atoms with Crippen LogP contribution in [0.1, 0.15) is 43.2 Å². The van der Waals surface area contributed by atoms with Gasteiger partial charge in [0.1, 0.15) is 0 Å². The summed E-state index contributed by atoms with van der Waals surface area (Å²) in [5, 5.41) is 10.3. The molecule has 1 nitrogen and oxygen atoms in total. The van der Waals surface area contributed by atoms with E-state index in [1.54, 1.807) is 0 Å². The molecule has 1 fully saturated rings. The molecule has 1 saturated carbocycles. The maximum atomic E-state index is 13.9. The van der Waals surface area contributed by atoms with Crippen LogP contribution in [0.4, 0.5) is 17.6 Å². The standard InChI is InChI=1S/C13H12F4O/c1-13(18)6-3-2-5(4-6)7-8(13)10(15)12(17)11(16)9(7)14/h5-6,18H,2-4H2,1H3/t5-,6+,13+/m1/s1. The normalized spacial score (nSPS) is 33.7. The number of aliphatic hydroxyl groups is 1. The number of hydrogen-bond acceptors (Lipinski definition) is 1. The molecule has 98 valence electrons. The summed E-state index contributed by atoms with van der Waals surface area (Å²) in [4.78, 5) is 0. The molecular weight excluding hydrogens is 248 g/mol. The van der Waals surface area contributed by atoms with E-state index in [0.717, 1.165) is 0 Å². The number of fused-ring (bicyclic) bond motifs is 4. The van der Waals surface area contributed by atoms with Gasteiger partial charge in [0.2, 0.25) is 0 Å². The lowest BCUT2D eigenvalue weighted by Gasteiger charge is -2.37. The molecule has 0 amide bonds. The van der Waals surface area contributed by atoms with E-state index in [1.807, 2.05) is 0 Å². The molecule has 0 unspecified atom stereocenters. The van der Waals surface area contributed by atoms with Crippen molar-refractivity contribution in [2.45, 2.75) is 37.7 Å². The highest BCUT2D eigenvalue weighted by atomic mass is 19.2. The average molecular weight is 260 g/mol. The van der Waals surface area contributed by atoms with Crippen LogP contribution in [-0.2, 0) is 5.60 Å². The van der Waals surface area contributed by atoms with Gasteiger partial charge in [-0.2, -0.15) is 0 Å². The molecule has 1 aromatic carbocycles. The summed E-state index contributed by atoms with van der Waals surface area (Å²) in [6.45, 7) is 1.35. The van der Waals surface area contributed by atoms with Crippen molar-refractivity contribution in [3.05, 3.63) is 34.4 Å². The first-order chi connectivity index (χ1) is 8.35. The first kappa shape index (κ1) is 12.0. The molecule has 0 radical (unpaired) electrons. The zero-order valence-electron chi connectivity index (χ0n) is 9.74. The van der Waals surface area contributed by atoms with Crippen LogP contribution in [-0.4, -0.2) is 5.11 Å². The molecule has 3 rings (SSSR count). The molecule has 2 aliphatic carbocycles. The Morgan fingerprint density at radius 1 is 1.00 bits per heavy atom. The van der Waals surface area contributed by atoms with Crippen molar-refractivity contribution in [1.82, 2.24) is 0 Å². The SMILES string of the molecule is C[C@@]1(O)c2c(F)c(F)c(F)c(F)c2[C@@H]2CC[C@H]1C2. The molecule has 2 aliphatic rings. The minimum absolute atomic E-state index is 0.176. The zero-order valence-corrected chi connectivity index (χ0v) is 9.74. The van der Waals surface area contributed by atoms with Crippen LogP contribution in [0.3, 0.4) is 0 Å². The van der Waals surface area contributed by atoms with E-state index in [-0.39, 0.29) is 17.4 Å². The fourth-order valence-corrected chi connectivity index (χ4v) is 3.49. The first-order valence-electron chi connectivity index (χ1n) is 5.94. The zero-order chi connectivity index (χ0) is 13.2. The van der Waals surface area contributed by atoms with Crippen molar-refractivity contribution in [2.24, 2.45) is 5.92 Å². The first-order valence-corrected chi connectivity index (χ1v) is 5.94. The average Bonchev–Trinajstić information content (AvgIpc) is 2.76. The van der Waals surface area contributed by atoms with Crippen molar-refractivity contribution in [3.63, 3.8) is 0 Å². The highest BCUT2D eigenvalue weighted by Crippen LogP contribution is 2.55. The summed E-state index contributed by atoms with van der Waals surface area (Å²) in [6.07, 6.45) is 1.66. The molecule has 0 heterocycles. The van der Waals surface area contributed by atoms with Crippen LogP contribution < -0.4 is 0 Å². The summed E-state index contributed by atoms with van der Waals surface area (Å²) in [5.74, 6) is -6.98. The summed E-state index contributed by atoms with van der Waals surface area (Å²) < 4.78 is 54.3. The van der Waals surface area contributed by atoms with E-state index in [9.17, 15) is 22.7 Å². The smallest absolute Gasteiger partial charge is 0.197 e. The lowest BCUT2D eigenvalue weighted by atomic mass is 9.72. The summed E-state index contributed by atoms with van der Waals surface area (Å²) in [5.41, 5.74) is -2.20. The Morgan fingerprint density at radius 2 is 1.61 bits per heavy atom. The molecule has 0 saturated heterocycles. The summed E-state index contributed by atoms with van der Waals surface area (Å²) >= 11 is 0. The van der Waals surface area contributed by atoms with E-state index >= 15 is 0 Å². The van der Waals surface area contributed by atoms with Gasteiger partial charge in [-0.05, 0) is 38.0 Å². The van der Waals surface area contributed by atoms with E-state index in [4.69, 9.17) is 0 Å². The number of hydrogen-bond donors (Lipinski definition) is 1. The van der Waals surface area contributed by atoms with Gasteiger partial charge in [-0.1, -0.05) is 0 Å². The second-order valence-electron chi connectivity index (χ2n) is 5.40. The molecule has 0 aliphatic heterocycles. The van der Waals surface area contributed by atoms with Crippen LogP contribution in [0.25, 0.3) is 0 Å². The van der Waals surface area contributed by atoms with Gasteiger partial charge >= 0.3 is 0 Å². The third-order valence-corrected chi connectivity index (χ3v) is 4.45. The molecule has 18 heavy (non-hydrogen) atoms. The number of rotatable bonds is 0. The van der Waals surface area contributed by atoms with Gasteiger partial charge in [0.15, 0.2) is 23.3 Å². The summed E-state index contributed by atoms with van der Waals surface area (Å²) in [6, 6.07) is 0. The van der Waals surface area contributed by atoms with Crippen LogP contribution in [0.5, 0.6) is 0 Å². The van der Waals surface area contributed by atoms with E-state index in [1.165, 1.54) is 6.92 Å². The second kappa shape index (κ2) is 3.47. The van der Waals surface area contributed by atoms with E-state index in [2.05, 4.69) is 0 Å². The maximum absolute atomic E-state index is 13.9. The van der Waals surface area contributed by atoms with Gasteiger partial charge in [-0.3, -0.25) is 0 Å². The van der Waals surface area contributed by atoms with Gasteiger partial charge < -0.3 is 5.11 Å². The highest BCUT2D eigenvalue weighted by Gasteiger charge is 2.50. The Balaban J connectivity index is 2.39. The van der Waals surface area contributed by atoms with Gasteiger partial charge in [-0.25, -0.2) is 17.6 Å². The number of benzene rings is 1. The quantitative estimate of drug-likeness (QED) is 0.431. The van der Waals surface area contributed by atoms with Crippen molar-refractivity contribution in [2.75, 3.05) is 0 Å². The van der Waals surface area contributed by atoms with Crippen molar-refractivity contribution < 1.29 is 22.7 Å². The molecule has 1 aromatic rings. The van der Waals surface area contributed by atoms with Gasteiger partial charge in [0.05, 0.1) is 5.60 Å². The Bertz CT molecular complexity index is 539. The Labute approximate surface area is 101 Å². The molecule has 1 N–H and O–H groups in total. The Morgan fingerprint density at radius 3 is 2.28 bits per heavy atom. The van der Waals surface area contributed by atoms with Crippen LogP contribution in [0, 0.1) is 29.2 Å². The monoisotopic (exact) mass is 260 g/mol. The minimum atomic E-state index is -1.84. The molecule has 0 aromatic heterocycles. The lowest BCUT2D eigenvalue weighted by Crippen LogP contribution is -2.36. The van der Waals surface area contributed by atoms with Gasteiger partial charge in [-0.15, -0.1) is 0 Å². The minimum Gasteiger partial charge on any atom is -0.385 e. The largest absolute Gasteiger partial charge is 0.385 e. The molecular formula is C13H12F4O. The van der Waals surface area contributed by atoms with Crippen molar-refractivity contribution >= 4 is 0 Å². The third kappa shape index (κ3) is 1.25. The van der Waals surface area contributed by atoms with Crippen molar-refractivity contribution in [3.8, 4) is 0 Å². The number of halogens is 4. The van der Waals surface area contributed by atoms with Gasteiger partial charge in [0, 0.05) is 11.1 Å². The molecule has 5 heteroatoms. The topological polar surface area (TPSA) is 20.2 Å². The van der Waals surface area contributed by atoms with Crippen LogP contribution in [0.15, 0.2) is 0 Å². The van der Waals surface area contributed by atoms with Crippen molar-refractivity contribution in [1.29, 1.82) is 0 Å². The second-order valence-corrected chi connectivity index (χ2v) is 5.40. The fourth-order valence-electron chi connectivity index (χ4n) is 3.49. The predicted octanol–water partition coefficient (Wildman–Crippen LogP) is 3.35. The van der Waals surface area contributed by atoms with Gasteiger partial charge in [0.25, 0.3) is 0 Å². The Hall–Kier alpha value is -1.10. The summed E-state index contributed by atoms with van der Waals surface area (Å²) in [7, 11) is 0. The molecule has 0 spiro atoms. The highest BCUT2D eigenvalue weighted by molar-refractivity contribution is 5.42. The lowest BCUT2D eigenvalue weighted by molar-refractivity contribution is -0.0145. The van der Waals surface area contributed by atoms with E-state index < -0.39 is 34.4 Å². The van der Waals surface area contributed by atoms with Crippen LogP contribution in [0.2, 0.25) is 0 Å².